The molecule has 1 aliphatic rings. The predicted octanol–water partition coefficient (Wildman–Crippen LogP) is 0.663. The van der Waals surface area contributed by atoms with E-state index in [1.54, 1.807) is 6.92 Å². The van der Waals surface area contributed by atoms with Gasteiger partial charge in [0.15, 0.2) is 12.4 Å². The van der Waals surface area contributed by atoms with Crippen molar-refractivity contribution in [1.29, 1.82) is 0 Å². The first-order chi connectivity index (χ1) is 10.9. The van der Waals surface area contributed by atoms with Crippen LogP contribution in [0.1, 0.15) is 27.7 Å². The number of esters is 2. The lowest BCUT2D eigenvalue weighted by atomic mass is 9.98. The fraction of sp³-hybridized carbons (Fsp3) is 0.867. The van der Waals surface area contributed by atoms with Gasteiger partial charge in [-0.25, -0.2) is 0 Å². The Labute approximate surface area is 136 Å². The third-order valence-corrected chi connectivity index (χ3v) is 3.31. The Morgan fingerprint density at radius 2 is 1.61 bits per heavy atom. The summed E-state index contributed by atoms with van der Waals surface area (Å²) in [6, 6.07) is 0. The summed E-state index contributed by atoms with van der Waals surface area (Å²) in [6.45, 7) is 6.98. The fourth-order valence-corrected chi connectivity index (χ4v) is 2.49. The number of ether oxygens (including phenoxy) is 6. The summed E-state index contributed by atoms with van der Waals surface area (Å²) in [5.74, 6) is -0.896. The lowest BCUT2D eigenvalue weighted by Crippen LogP contribution is -2.62. The van der Waals surface area contributed by atoms with E-state index >= 15 is 0 Å². The highest BCUT2D eigenvalue weighted by Crippen LogP contribution is 2.29. The molecule has 0 amide bonds. The first-order valence-electron chi connectivity index (χ1n) is 7.66. The highest BCUT2D eigenvalue weighted by Gasteiger charge is 2.49. The van der Waals surface area contributed by atoms with E-state index in [0.717, 1.165) is 0 Å². The van der Waals surface area contributed by atoms with Crippen molar-refractivity contribution in [2.75, 3.05) is 26.9 Å². The molecular formula is C15H26O8. The third kappa shape index (κ3) is 5.72. The van der Waals surface area contributed by atoms with Gasteiger partial charge in [-0.1, -0.05) is 0 Å². The lowest BCUT2D eigenvalue weighted by Gasteiger charge is -2.44. The normalized spacial score (nSPS) is 30.7. The van der Waals surface area contributed by atoms with Crippen LogP contribution in [-0.2, 0) is 38.0 Å². The van der Waals surface area contributed by atoms with E-state index in [2.05, 4.69) is 0 Å². The SMILES string of the molecule is CCO[C@H]1O[C@H](COC(C)=O)[C@@H](OC)[C@H](OCC)[C@@H]1OC(C)=O. The highest BCUT2D eigenvalue weighted by atomic mass is 16.7. The molecule has 0 radical (unpaired) electrons. The number of hydrogen-bond donors (Lipinski definition) is 0. The Bertz CT molecular complexity index is 386. The van der Waals surface area contributed by atoms with Crippen molar-refractivity contribution in [3.63, 3.8) is 0 Å². The monoisotopic (exact) mass is 334 g/mol. The van der Waals surface area contributed by atoms with Crippen molar-refractivity contribution < 1.29 is 38.0 Å². The van der Waals surface area contributed by atoms with E-state index in [-0.39, 0.29) is 6.61 Å². The molecule has 1 fully saturated rings. The lowest BCUT2D eigenvalue weighted by molar-refractivity contribution is -0.312. The van der Waals surface area contributed by atoms with Crippen LogP contribution in [0.15, 0.2) is 0 Å². The number of methoxy groups -OCH3 is 1. The minimum atomic E-state index is -0.826. The molecule has 0 bridgehead atoms. The molecule has 1 saturated heterocycles. The number of carbonyl (C=O) groups excluding carboxylic acids is 2. The minimum absolute atomic E-state index is 0.00617. The summed E-state index contributed by atoms with van der Waals surface area (Å²) < 4.78 is 32.8. The van der Waals surface area contributed by atoms with Gasteiger partial charge >= 0.3 is 11.9 Å². The Morgan fingerprint density at radius 3 is 2.09 bits per heavy atom. The summed E-state index contributed by atoms with van der Waals surface area (Å²) in [5, 5.41) is 0. The topological polar surface area (TPSA) is 89.5 Å². The standard InChI is InChI=1S/C15H26O8/c1-6-19-13-12(18-5)11(8-21-9(3)16)23-15(20-7-2)14(13)22-10(4)17/h11-15H,6-8H2,1-5H3/t11-,12-,13+,14+,15+/m1/s1. The average molecular weight is 334 g/mol. The molecule has 0 N–H and O–H groups in total. The van der Waals surface area contributed by atoms with Gasteiger partial charge < -0.3 is 28.4 Å². The largest absolute Gasteiger partial charge is 0.463 e. The summed E-state index contributed by atoms with van der Waals surface area (Å²) >= 11 is 0. The van der Waals surface area contributed by atoms with Gasteiger partial charge in [0, 0.05) is 34.2 Å². The molecule has 1 heterocycles. The van der Waals surface area contributed by atoms with E-state index in [0.29, 0.717) is 13.2 Å². The molecule has 0 spiro atoms. The zero-order valence-electron chi connectivity index (χ0n) is 14.3. The summed E-state index contributed by atoms with van der Waals surface area (Å²) in [4.78, 5) is 22.5. The quantitative estimate of drug-likeness (QED) is 0.598. The molecule has 0 saturated carbocycles. The fourth-order valence-electron chi connectivity index (χ4n) is 2.49. The van der Waals surface area contributed by atoms with Crippen LogP contribution < -0.4 is 0 Å². The molecule has 0 aromatic carbocycles. The molecule has 1 rings (SSSR count). The van der Waals surface area contributed by atoms with Gasteiger partial charge in [-0.15, -0.1) is 0 Å². The molecule has 134 valence electrons. The van der Waals surface area contributed by atoms with E-state index in [9.17, 15) is 9.59 Å². The molecule has 8 nitrogen and oxygen atoms in total. The molecular weight excluding hydrogens is 308 g/mol. The summed E-state index contributed by atoms with van der Waals surface area (Å²) in [7, 11) is 1.49. The highest BCUT2D eigenvalue weighted by molar-refractivity contribution is 5.66. The van der Waals surface area contributed by atoms with Gasteiger partial charge in [0.1, 0.15) is 24.9 Å². The van der Waals surface area contributed by atoms with E-state index in [1.165, 1.54) is 21.0 Å². The summed E-state index contributed by atoms with van der Waals surface area (Å²) in [6.07, 6.45) is -3.36. The van der Waals surface area contributed by atoms with E-state index < -0.39 is 42.6 Å². The van der Waals surface area contributed by atoms with Crippen molar-refractivity contribution in [2.45, 2.75) is 58.4 Å². The average Bonchev–Trinajstić information content (AvgIpc) is 2.48. The van der Waals surface area contributed by atoms with Crippen molar-refractivity contribution in [3.8, 4) is 0 Å². The Kier molecular flexibility index (Phi) is 8.46. The maximum atomic E-state index is 11.4. The first kappa shape index (κ1) is 19.8. The van der Waals surface area contributed by atoms with Crippen LogP contribution in [0.2, 0.25) is 0 Å². The zero-order chi connectivity index (χ0) is 17.4. The maximum Gasteiger partial charge on any atom is 0.303 e. The second-order valence-corrected chi connectivity index (χ2v) is 5.00. The van der Waals surface area contributed by atoms with Crippen LogP contribution in [0.5, 0.6) is 0 Å². The van der Waals surface area contributed by atoms with Gasteiger partial charge in [0.25, 0.3) is 0 Å². The Hall–Kier alpha value is -1.22. The smallest absolute Gasteiger partial charge is 0.303 e. The molecule has 5 atom stereocenters. The zero-order valence-corrected chi connectivity index (χ0v) is 14.3. The van der Waals surface area contributed by atoms with Crippen LogP contribution >= 0.6 is 0 Å². The van der Waals surface area contributed by atoms with Crippen molar-refractivity contribution in [3.05, 3.63) is 0 Å². The molecule has 0 aliphatic carbocycles. The molecule has 0 aromatic rings. The predicted molar refractivity (Wildman–Crippen MR) is 78.7 cm³/mol. The molecule has 8 heteroatoms. The number of rotatable bonds is 8. The van der Waals surface area contributed by atoms with Crippen LogP contribution in [-0.4, -0.2) is 69.6 Å². The molecule has 23 heavy (non-hydrogen) atoms. The van der Waals surface area contributed by atoms with Crippen molar-refractivity contribution in [1.82, 2.24) is 0 Å². The van der Waals surface area contributed by atoms with Gasteiger partial charge in [-0.2, -0.15) is 0 Å². The third-order valence-electron chi connectivity index (χ3n) is 3.31. The van der Waals surface area contributed by atoms with Gasteiger partial charge in [-0.3, -0.25) is 9.59 Å². The summed E-state index contributed by atoms with van der Waals surface area (Å²) in [5.41, 5.74) is 0. The van der Waals surface area contributed by atoms with Gasteiger partial charge in [0.2, 0.25) is 0 Å². The van der Waals surface area contributed by atoms with Crippen molar-refractivity contribution >= 4 is 11.9 Å². The van der Waals surface area contributed by atoms with E-state index in [4.69, 9.17) is 28.4 Å². The number of hydrogen-bond acceptors (Lipinski definition) is 8. The Balaban J connectivity index is 3.00. The number of carbonyl (C=O) groups is 2. The minimum Gasteiger partial charge on any atom is -0.463 e. The second-order valence-electron chi connectivity index (χ2n) is 5.00. The first-order valence-corrected chi connectivity index (χ1v) is 7.66. The van der Waals surface area contributed by atoms with Crippen LogP contribution in [0.3, 0.4) is 0 Å². The van der Waals surface area contributed by atoms with Crippen LogP contribution in [0.4, 0.5) is 0 Å². The molecule has 0 unspecified atom stereocenters. The van der Waals surface area contributed by atoms with E-state index in [1.807, 2.05) is 6.92 Å². The molecule has 0 aromatic heterocycles. The Morgan fingerprint density at radius 1 is 0.957 bits per heavy atom. The van der Waals surface area contributed by atoms with Gasteiger partial charge in [0.05, 0.1) is 0 Å². The van der Waals surface area contributed by atoms with Crippen LogP contribution in [0, 0.1) is 0 Å². The second kappa shape index (κ2) is 9.82. The van der Waals surface area contributed by atoms with Gasteiger partial charge in [-0.05, 0) is 13.8 Å². The molecule has 1 aliphatic heterocycles. The maximum absolute atomic E-state index is 11.4. The van der Waals surface area contributed by atoms with Crippen molar-refractivity contribution in [2.24, 2.45) is 0 Å². The van der Waals surface area contributed by atoms with Crippen LogP contribution in [0.25, 0.3) is 0 Å².